The minimum Gasteiger partial charge on any atom is -0.497 e. The molecule has 0 bridgehead atoms. The van der Waals surface area contributed by atoms with Crippen LogP contribution in [0.1, 0.15) is 21.0 Å². The van der Waals surface area contributed by atoms with Crippen LogP contribution in [0.25, 0.3) is 5.69 Å². The summed E-state index contributed by atoms with van der Waals surface area (Å²) in [5.74, 6) is -0.410. The third kappa shape index (κ3) is 2.74. The lowest BCUT2D eigenvalue weighted by molar-refractivity contribution is 0.0584. The quantitative estimate of drug-likeness (QED) is 0.806. The number of esters is 2. The molecule has 0 radical (unpaired) electrons. The lowest BCUT2D eigenvalue weighted by Crippen LogP contribution is -2.15. The highest BCUT2D eigenvalue weighted by Gasteiger charge is 2.21. The van der Waals surface area contributed by atoms with E-state index in [1.807, 2.05) is 0 Å². The molecule has 1 aromatic carbocycles. The standard InChI is InChI=1S/C15H15NO5/c1-19-11-6-4-10(5-7-11)16-12(14(17)20-2)8-9-13(16)15(18)21-3/h4-9H,1-3H3. The number of methoxy groups -OCH3 is 3. The van der Waals surface area contributed by atoms with Crippen molar-refractivity contribution in [3.05, 3.63) is 47.8 Å². The summed E-state index contributed by atoms with van der Waals surface area (Å²) in [6.07, 6.45) is 0. The van der Waals surface area contributed by atoms with Gasteiger partial charge < -0.3 is 14.2 Å². The topological polar surface area (TPSA) is 66.8 Å². The van der Waals surface area contributed by atoms with Crippen molar-refractivity contribution in [3.63, 3.8) is 0 Å². The highest BCUT2D eigenvalue weighted by Crippen LogP contribution is 2.21. The van der Waals surface area contributed by atoms with E-state index in [1.165, 1.54) is 30.9 Å². The van der Waals surface area contributed by atoms with Crippen molar-refractivity contribution in [2.45, 2.75) is 0 Å². The van der Waals surface area contributed by atoms with Gasteiger partial charge in [0.25, 0.3) is 0 Å². The molecule has 0 aliphatic heterocycles. The van der Waals surface area contributed by atoms with Crippen LogP contribution in [-0.2, 0) is 9.47 Å². The Bertz CT molecular complexity index is 624. The van der Waals surface area contributed by atoms with E-state index >= 15 is 0 Å². The van der Waals surface area contributed by atoms with E-state index in [9.17, 15) is 9.59 Å². The number of benzene rings is 1. The van der Waals surface area contributed by atoms with Crippen LogP contribution >= 0.6 is 0 Å². The maximum atomic E-state index is 11.8. The van der Waals surface area contributed by atoms with Gasteiger partial charge in [-0.05, 0) is 36.4 Å². The molecule has 0 fully saturated rings. The largest absolute Gasteiger partial charge is 0.497 e. The number of nitrogens with zero attached hydrogens (tertiary/aromatic N) is 1. The number of aromatic nitrogens is 1. The molecule has 6 heteroatoms. The van der Waals surface area contributed by atoms with E-state index in [-0.39, 0.29) is 11.4 Å². The maximum absolute atomic E-state index is 11.8. The van der Waals surface area contributed by atoms with Gasteiger partial charge in [0.2, 0.25) is 0 Å². The Morgan fingerprint density at radius 3 is 1.67 bits per heavy atom. The molecule has 0 amide bonds. The molecule has 6 nitrogen and oxygen atoms in total. The Morgan fingerprint density at radius 1 is 0.810 bits per heavy atom. The number of hydrogen-bond acceptors (Lipinski definition) is 5. The van der Waals surface area contributed by atoms with Crippen molar-refractivity contribution in [2.24, 2.45) is 0 Å². The lowest BCUT2D eigenvalue weighted by atomic mass is 10.3. The SMILES string of the molecule is COC(=O)c1ccc(C(=O)OC)n1-c1ccc(OC)cc1. The molecular weight excluding hydrogens is 274 g/mol. The molecule has 0 saturated carbocycles. The van der Waals surface area contributed by atoms with Crippen LogP contribution in [0, 0.1) is 0 Å². The molecule has 0 aliphatic carbocycles. The van der Waals surface area contributed by atoms with Crippen LogP contribution in [0.5, 0.6) is 5.75 Å². The minimum atomic E-state index is -0.541. The normalized spacial score (nSPS) is 10.0. The molecule has 0 atom stereocenters. The Kier molecular flexibility index (Phi) is 4.27. The lowest BCUT2D eigenvalue weighted by Gasteiger charge is -2.12. The van der Waals surface area contributed by atoms with E-state index in [0.717, 1.165) is 0 Å². The second-order valence-corrected chi connectivity index (χ2v) is 4.12. The van der Waals surface area contributed by atoms with E-state index in [4.69, 9.17) is 14.2 Å². The van der Waals surface area contributed by atoms with Crippen LogP contribution in [0.3, 0.4) is 0 Å². The molecule has 0 N–H and O–H groups in total. The highest BCUT2D eigenvalue weighted by molar-refractivity contribution is 5.94. The summed E-state index contributed by atoms with van der Waals surface area (Å²) in [7, 11) is 4.13. The smallest absolute Gasteiger partial charge is 0.355 e. The van der Waals surface area contributed by atoms with Crippen molar-refractivity contribution in [3.8, 4) is 11.4 Å². The molecule has 2 rings (SSSR count). The third-order valence-electron chi connectivity index (χ3n) is 3.00. The summed E-state index contributed by atoms with van der Waals surface area (Å²) < 4.78 is 16.0. The Morgan fingerprint density at radius 2 is 1.29 bits per heavy atom. The second-order valence-electron chi connectivity index (χ2n) is 4.12. The first-order valence-corrected chi connectivity index (χ1v) is 6.15. The average molecular weight is 289 g/mol. The van der Waals surface area contributed by atoms with Crippen LogP contribution in [0.4, 0.5) is 0 Å². The highest BCUT2D eigenvalue weighted by atomic mass is 16.5. The summed E-state index contributed by atoms with van der Waals surface area (Å²) in [6.45, 7) is 0. The van der Waals surface area contributed by atoms with Crippen molar-refractivity contribution >= 4 is 11.9 Å². The van der Waals surface area contributed by atoms with E-state index in [2.05, 4.69) is 0 Å². The molecule has 1 heterocycles. The number of hydrogen-bond donors (Lipinski definition) is 0. The summed E-state index contributed by atoms with van der Waals surface area (Å²) >= 11 is 0. The molecule has 21 heavy (non-hydrogen) atoms. The van der Waals surface area contributed by atoms with Crippen molar-refractivity contribution in [1.82, 2.24) is 4.57 Å². The average Bonchev–Trinajstić information content (AvgIpc) is 2.98. The monoisotopic (exact) mass is 289 g/mol. The fourth-order valence-electron chi connectivity index (χ4n) is 1.97. The summed E-state index contributed by atoms with van der Waals surface area (Å²) in [5, 5.41) is 0. The molecule has 110 valence electrons. The summed E-state index contributed by atoms with van der Waals surface area (Å²) in [5.41, 5.74) is 1.10. The predicted octanol–water partition coefficient (Wildman–Crippen LogP) is 2.06. The fourth-order valence-corrected chi connectivity index (χ4v) is 1.97. The molecule has 1 aromatic heterocycles. The van der Waals surface area contributed by atoms with Crippen LogP contribution in [0.2, 0.25) is 0 Å². The molecule has 0 saturated heterocycles. The summed E-state index contributed by atoms with van der Waals surface area (Å²) in [4.78, 5) is 23.7. The molecular formula is C15H15NO5. The van der Waals surface area contributed by atoms with Crippen LogP contribution in [-0.4, -0.2) is 37.8 Å². The Balaban J connectivity index is 2.59. The zero-order valence-corrected chi connectivity index (χ0v) is 12.0. The van der Waals surface area contributed by atoms with Gasteiger partial charge in [-0.25, -0.2) is 9.59 Å². The number of carbonyl (C=O) groups excluding carboxylic acids is 2. The van der Waals surface area contributed by atoms with Gasteiger partial charge in [0.15, 0.2) is 0 Å². The number of rotatable bonds is 4. The predicted molar refractivity (Wildman–Crippen MR) is 75.0 cm³/mol. The van der Waals surface area contributed by atoms with Gasteiger partial charge in [-0.15, -0.1) is 0 Å². The fraction of sp³-hybridized carbons (Fsp3) is 0.200. The van der Waals surface area contributed by atoms with Gasteiger partial charge in [-0.2, -0.15) is 0 Å². The molecule has 2 aromatic rings. The first kappa shape index (κ1) is 14.6. The van der Waals surface area contributed by atoms with Gasteiger partial charge in [0.1, 0.15) is 17.1 Å². The number of ether oxygens (including phenoxy) is 3. The minimum absolute atomic E-state index is 0.239. The molecule has 0 aliphatic rings. The van der Waals surface area contributed by atoms with Crippen molar-refractivity contribution < 1.29 is 23.8 Å². The van der Waals surface area contributed by atoms with E-state index in [0.29, 0.717) is 11.4 Å². The van der Waals surface area contributed by atoms with Gasteiger partial charge >= 0.3 is 11.9 Å². The van der Waals surface area contributed by atoms with Crippen molar-refractivity contribution in [1.29, 1.82) is 0 Å². The Hall–Kier alpha value is -2.76. The van der Waals surface area contributed by atoms with Gasteiger partial charge in [-0.1, -0.05) is 0 Å². The second kappa shape index (κ2) is 6.13. The zero-order valence-electron chi connectivity index (χ0n) is 12.0. The first-order chi connectivity index (χ1) is 10.1. The first-order valence-electron chi connectivity index (χ1n) is 6.15. The third-order valence-corrected chi connectivity index (χ3v) is 3.00. The number of carbonyl (C=O) groups is 2. The van der Waals surface area contributed by atoms with E-state index in [1.54, 1.807) is 31.4 Å². The van der Waals surface area contributed by atoms with Crippen LogP contribution < -0.4 is 4.74 Å². The van der Waals surface area contributed by atoms with Crippen LogP contribution in [0.15, 0.2) is 36.4 Å². The maximum Gasteiger partial charge on any atom is 0.355 e. The Labute approximate surface area is 121 Å². The van der Waals surface area contributed by atoms with Gasteiger partial charge in [-0.3, -0.25) is 4.57 Å². The van der Waals surface area contributed by atoms with E-state index < -0.39 is 11.9 Å². The molecule has 0 spiro atoms. The van der Waals surface area contributed by atoms with Crippen molar-refractivity contribution in [2.75, 3.05) is 21.3 Å². The van der Waals surface area contributed by atoms with Gasteiger partial charge in [0.05, 0.1) is 21.3 Å². The summed E-state index contributed by atoms with van der Waals surface area (Å²) in [6, 6.07) is 9.97. The van der Waals surface area contributed by atoms with Gasteiger partial charge in [0, 0.05) is 5.69 Å². The zero-order chi connectivity index (χ0) is 15.4. The molecule has 0 unspecified atom stereocenters.